The predicted molar refractivity (Wildman–Crippen MR) is 103 cm³/mol. The molecule has 144 valence electrons. The van der Waals surface area contributed by atoms with Crippen molar-refractivity contribution in [3.8, 4) is 11.5 Å². The number of nitrogens with zero attached hydrogens (tertiary/aromatic N) is 4. The van der Waals surface area contributed by atoms with Gasteiger partial charge < -0.3 is 14.6 Å². The first-order chi connectivity index (χ1) is 13.7. The minimum absolute atomic E-state index is 0.0479. The molecule has 8 nitrogen and oxygen atoms in total. The van der Waals surface area contributed by atoms with Gasteiger partial charge in [-0.15, -0.1) is 0 Å². The van der Waals surface area contributed by atoms with Crippen molar-refractivity contribution in [3.05, 3.63) is 47.6 Å². The van der Waals surface area contributed by atoms with E-state index in [1.165, 1.54) is 12.8 Å². The number of carbonyl (C=O) groups is 1. The lowest BCUT2D eigenvalue weighted by Gasteiger charge is -2.17. The number of nitrogens with one attached hydrogen (secondary N) is 2. The van der Waals surface area contributed by atoms with Crippen LogP contribution in [0.2, 0.25) is 0 Å². The van der Waals surface area contributed by atoms with Crippen LogP contribution in [-0.4, -0.2) is 45.2 Å². The molecule has 3 aromatic heterocycles. The van der Waals surface area contributed by atoms with E-state index in [2.05, 4.69) is 25.4 Å². The fourth-order valence-electron chi connectivity index (χ4n) is 3.58. The van der Waals surface area contributed by atoms with Gasteiger partial charge in [-0.05, 0) is 44.4 Å². The maximum atomic E-state index is 12.6. The molecule has 3 aromatic rings. The van der Waals surface area contributed by atoms with E-state index < -0.39 is 0 Å². The first-order valence-corrected chi connectivity index (χ1v) is 9.67. The standard InChI is InChI=1S/C20H22N6O2/c1-12-2-5-18(28-12)16-10-17(25-24-16)19(27)22-14-7-9-26(11-14)20-21-8-6-15(23-20)13-3-4-13/h2,5-6,8,10,13-14H,3-4,7,9,11H2,1H3,(H,22,27)(H,24,25). The summed E-state index contributed by atoms with van der Waals surface area (Å²) in [5.74, 6) is 2.66. The lowest BCUT2D eigenvalue weighted by atomic mass is 10.2. The molecule has 1 amide bonds. The molecule has 8 heteroatoms. The molecule has 4 heterocycles. The molecule has 1 aliphatic heterocycles. The van der Waals surface area contributed by atoms with Gasteiger partial charge in [0.1, 0.15) is 11.5 Å². The summed E-state index contributed by atoms with van der Waals surface area (Å²) in [5.41, 5.74) is 2.18. The summed E-state index contributed by atoms with van der Waals surface area (Å²) in [6, 6.07) is 7.50. The fourth-order valence-corrected chi connectivity index (χ4v) is 3.58. The Bertz CT molecular complexity index is 1010. The molecule has 0 radical (unpaired) electrons. The molecular formula is C20H22N6O2. The minimum Gasteiger partial charge on any atom is -0.460 e. The van der Waals surface area contributed by atoms with E-state index in [1.54, 1.807) is 6.07 Å². The van der Waals surface area contributed by atoms with E-state index in [4.69, 9.17) is 9.40 Å². The second-order valence-electron chi connectivity index (χ2n) is 7.54. The maximum absolute atomic E-state index is 12.6. The van der Waals surface area contributed by atoms with Crippen molar-refractivity contribution in [2.24, 2.45) is 0 Å². The van der Waals surface area contributed by atoms with Gasteiger partial charge in [0.05, 0.1) is 0 Å². The zero-order valence-corrected chi connectivity index (χ0v) is 15.7. The summed E-state index contributed by atoms with van der Waals surface area (Å²) in [7, 11) is 0. The second kappa shape index (κ2) is 6.78. The van der Waals surface area contributed by atoms with Gasteiger partial charge in [0.2, 0.25) is 5.95 Å². The molecule has 2 aliphatic rings. The number of furan rings is 1. The van der Waals surface area contributed by atoms with Crippen LogP contribution in [0.25, 0.3) is 11.5 Å². The van der Waals surface area contributed by atoms with Crippen molar-refractivity contribution in [1.82, 2.24) is 25.5 Å². The summed E-state index contributed by atoms with van der Waals surface area (Å²) >= 11 is 0. The van der Waals surface area contributed by atoms with Crippen LogP contribution in [0.5, 0.6) is 0 Å². The third-order valence-corrected chi connectivity index (χ3v) is 5.28. The van der Waals surface area contributed by atoms with Crippen LogP contribution in [-0.2, 0) is 0 Å². The van der Waals surface area contributed by atoms with Gasteiger partial charge in [-0.3, -0.25) is 9.89 Å². The largest absolute Gasteiger partial charge is 0.460 e. The van der Waals surface area contributed by atoms with Crippen LogP contribution in [0.4, 0.5) is 5.95 Å². The number of hydrogen-bond acceptors (Lipinski definition) is 6. The number of hydrogen-bond donors (Lipinski definition) is 2. The van der Waals surface area contributed by atoms with Crippen LogP contribution < -0.4 is 10.2 Å². The number of aromatic amines is 1. The molecule has 0 aromatic carbocycles. The van der Waals surface area contributed by atoms with Gasteiger partial charge in [-0.1, -0.05) is 0 Å². The van der Waals surface area contributed by atoms with E-state index >= 15 is 0 Å². The zero-order chi connectivity index (χ0) is 19.1. The van der Waals surface area contributed by atoms with Crippen molar-refractivity contribution < 1.29 is 9.21 Å². The highest BCUT2D eigenvalue weighted by atomic mass is 16.3. The molecule has 1 saturated heterocycles. The first kappa shape index (κ1) is 17.0. The van der Waals surface area contributed by atoms with Crippen molar-refractivity contribution in [2.75, 3.05) is 18.0 Å². The van der Waals surface area contributed by atoms with Gasteiger partial charge in [-0.25, -0.2) is 9.97 Å². The van der Waals surface area contributed by atoms with Crippen molar-refractivity contribution in [1.29, 1.82) is 0 Å². The van der Waals surface area contributed by atoms with Crippen LogP contribution in [0.3, 0.4) is 0 Å². The summed E-state index contributed by atoms with van der Waals surface area (Å²) < 4.78 is 5.57. The maximum Gasteiger partial charge on any atom is 0.272 e. The van der Waals surface area contributed by atoms with Gasteiger partial charge in [0, 0.05) is 43.0 Å². The molecule has 2 N–H and O–H groups in total. The number of H-pyrrole nitrogens is 1. The molecule has 1 aliphatic carbocycles. The molecule has 0 bridgehead atoms. The van der Waals surface area contributed by atoms with E-state index in [0.29, 0.717) is 29.6 Å². The molecule has 0 spiro atoms. The Balaban J connectivity index is 1.22. The molecule has 1 atom stereocenters. The van der Waals surface area contributed by atoms with Crippen molar-refractivity contribution in [2.45, 2.75) is 38.1 Å². The lowest BCUT2D eigenvalue weighted by molar-refractivity contribution is 0.0935. The Kier molecular flexibility index (Phi) is 4.11. The summed E-state index contributed by atoms with van der Waals surface area (Å²) in [4.78, 5) is 23.8. The van der Waals surface area contributed by atoms with Crippen LogP contribution in [0.1, 0.15) is 47.1 Å². The first-order valence-electron chi connectivity index (χ1n) is 9.67. The Hall–Kier alpha value is -3.16. The van der Waals surface area contributed by atoms with Gasteiger partial charge in [-0.2, -0.15) is 5.10 Å². The van der Waals surface area contributed by atoms with E-state index in [-0.39, 0.29) is 11.9 Å². The smallest absolute Gasteiger partial charge is 0.272 e. The summed E-state index contributed by atoms with van der Waals surface area (Å²) in [6.45, 7) is 3.41. The lowest BCUT2D eigenvalue weighted by Crippen LogP contribution is -2.37. The van der Waals surface area contributed by atoms with Crippen LogP contribution in [0.15, 0.2) is 34.9 Å². The van der Waals surface area contributed by atoms with Crippen molar-refractivity contribution >= 4 is 11.9 Å². The fraction of sp³-hybridized carbons (Fsp3) is 0.400. The highest BCUT2D eigenvalue weighted by molar-refractivity contribution is 5.93. The number of aromatic nitrogens is 4. The number of carbonyl (C=O) groups excluding carboxylic acids is 1. The summed E-state index contributed by atoms with van der Waals surface area (Å²) in [6.07, 6.45) is 5.14. The van der Waals surface area contributed by atoms with E-state index in [1.807, 2.05) is 31.3 Å². The van der Waals surface area contributed by atoms with Crippen molar-refractivity contribution in [3.63, 3.8) is 0 Å². The molecule has 5 rings (SSSR count). The zero-order valence-electron chi connectivity index (χ0n) is 15.7. The van der Waals surface area contributed by atoms with E-state index in [9.17, 15) is 4.79 Å². The molecule has 1 unspecified atom stereocenters. The number of amides is 1. The Morgan fingerprint density at radius 2 is 2.18 bits per heavy atom. The molecule has 1 saturated carbocycles. The number of aryl methyl sites for hydroxylation is 1. The molecular weight excluding hydrogens is 356 g/mol. The van der Waals surface area contributed by atoms with Gasteiger partial charge >= 0.3 is 0 Å². The Labute approximate surface area is 162 Å². The average molecular weight is 378 g/mol. The predicted octanol–water partition coefficient (Wildman–Crippen LogP) is 2.65. The molecule has 2 fully saturated rings. The van der Waals surface area contributed by atoms with Gasteiger partial charge in [0.15, 0.2) is 11.5 Å². The Morgan fingerprint density at radius 1 is 1.29 bits per heavy atom. The molecule has 28 heavy (non-hydrogen) atoms. The SMILES string of the molecule is Cc1ccc(-c2cc(C(=O)NC3CCN(c4nccc(C5CC5)n4)C3)n[nH]2)o1. The third-order valence-electron chi connectivity index (χ3n) is 5.28. The average Bonchev–Trinajstić information content (AvgIpc) is 3.08. The number of anilines is 1. The minimum atomic E-state index is -0.190. The number of rotatable bonds is 5. The Morgan fingerprint density at radius 3 is 2.96 bits per heavy atom. The highest BCUT2D eigenvalue weighted by Gasteiger charge is 2.29. The van der Waals surface area contributed by atoms with E-state index in [0.717, 1.165) is 30.4 Å². The second-order valence-corrected chi connectivity index (χ2v) is 7.54. The van der Waals surface area contributed by atoms with Crippen LogP contribution in [0, 0.1) is 6.92 Å². The third kappa shape index (κ3) is 3.37. The van der Waals surface area contributed by atoms with Crippen LogP contribution >= 0.6 is 0 Å². The van der Waals surface area contributed by atoms with Gasteiger partial charge in [0.25, 0.3) is 5.91 Å². The normalized spacial score (nSPS) is 19.2. The topological polar surface area (TPSA) is 99.9 Å². The monoisotopic (exact) mass is 378 g/mol. The summed E-state index contributed by atoms with van der Waals surface area (Å²) in [5, 5.41) is 10.1. The highest BCUT2D eigenvalue weighted by Crippen LogP contribution is 2.39. The quantitative estimate of drug-likeness (QED) is 0.708.